The van der Waals surface area contributed by atoms with Crippen LogP contribution < -0.4 is 10.6 Å². The van der Waals surface area contributed by atoms with Crippen LogP contribution >= 0.6 is 0 Å². The fraction of sp³-hybridized carbons (Fsp3) is 0.652. The molecule has 0 aromatic carbocycles. The van der Waals surface area contributed by atoms with Crippen molar-refractivity contribution in [3.63, 3.8) is 0 Å². The van der Waals surface area contributed by atoms with E-state index in [-0.39, 0.29) is 0 Å². The lowest BCUT2D eigenvalue weighted by Crippen LogP contribution is -2.26. The average molecular weight is 384 g/mol. The number of nitrogens with one attached hydrogen (secondary N) is 2. The number of aryl methyl sites for hydroxylation is 1. The normalized spacial score (nSPS) is 20.3. The molecule has 1 aliphatic carbocycles. The van der Waals surface area contributed by atoms with Gasteiger partial charge in [-0.3, -0.25) is 0 Å². The summed E-state index contributed by atoms with van der Waals surface area (Å²) in [7, 11) is 0. The van der Waals surface area contributed by atoms with E-state index in [2.05, 4.69) is 58.2 Å². The van der Waals surface area contributed by atoms with E-state index in [4.69, 9.17) is 0 Å². The average Bonchev–Trinajstić information content (AvgIpc) is 3.34. The maximum atomic E-state index is 4.57. The quantitative estimate of drug-likeness (QED) is 0.450. The van der Waals surface area contributed by atoms with Crippen molar-refractivity contribution < 1.29 is 0 Å². The molecule has 0 spiro atoms. The molecule has 2 N–H and O–H groups in total. The maximum Gasteiger partial charge on any atom is 0.143 e. The summed E-state index contributed by atoms with van der Waals surface area (Å²) in [6.45, 7) is 11.0. The third-order valence-electron chi connectivity index (χ3n) is 6.19. The van der Waals surface area contributed by atoms with E-state index in [0.29, 0.717) is 6.04 Å². The van der Waals surface area contributed by atoms with Crippen LogP contribution in [0.5, 0.6) is 0 Å². The van der Waals surface area contributed by atoms with Gasteiger partial charge in [0.1, 0.15) is 12.0 Å². The first-order valence-electron chi connectivity index (χ1n) is 11.1. The topological polar surface area (TPSA) is 54.8 Å². The Hall–Kier alpha value is -1.72. The Labute approximate surface area is 170 Å². The third kappa shape index (κ3) is 5.42. The van der Waals surface area contributed by atoms with Crippen LogP contribution in [0.1, 0.15) is 64.5 Å². The molecule has 5 nitrogen and oxygen atoms in total. The third-order valence-corrected chi connectivity index (χ3v) is 6.19. The van der Waals surface area contributed by atoms with Crippen LogP contribution in [0.15, 0.2) is 30.4 Å². The molecule has 0 bridgehead atoms. The van der Waals surface area contributed by atoms with E-state index in [9.17, 15) is 0 Å². The Balaban J connectivity index is 1.37. The molecule has 2 aromatic heterocycles. The summed E-state index contributed by atoms with van der Waals surface area (Å²) in [4.78, 5) is 8.80. The molecule has 2 unspecified atom stereocenters. The molecular formula is C23H37N5. The Morgan fingerprint density at radius 1 is 1.25 bits per heavy atom. The molecule has 5 heteroatoms. The zero-order valence-corrected chi connectivity index (χ0v) is 17.9. The largest absolute Gasteiger partial charge is 0.329 e. The fourth-order valence-electron chi connectivity index (χ4n) is 4.30. The maximum absolute atomic E-state index is 4.57. The van der Waals surface area contributed by atoms with Crippen molar-refractivity contribution in [2.75, 3.05) is 26.2 Å². The number of nitrogens with zero attached hydrogens (tertiary/aromatic N) is 3. The second kappa shape index (κ2) is 10.7. The van der Waals surface area contributed by atoms with Crippen LogP contribution in [-0.2, 0) is 6.42 Å². The van der Waals surface area contributed by atoms with Crippen molar-refractivity contribution in [2.45, 2.75) is 65.3 Å². The van der Waals surface area contributed by atoms with Crippen LogP contribution in [-0.4, -0.2) is 40.7 Å². The molecule has 154 valence electrons. The Morgan fingerprint density at radius 2 is 2.11 bits per heavy atom. The van der Waals surface area contributed by atoms with E-state index < -0.39 is 0 Å². The highest BCUT2D eigenvalue weighted by Gasteiger charge is 2.27. The summed E-state index contributed by atoms with van der Waals surface area (Å²) in [5.74, 6) is 0.777. The molecule has 2 atom stereocenters. The minimum atomic E-state index is 0.584. The van der Waals surface area contributed by atoms with Crippen LogP contribution in [0.3, 0.4) is 0 Å². The van der Waals surface area contributed by atoms with Gasteiger partial charge in [0, 0.05) is 23.8 Å². The van der Waals surface area contributed by atoms with Gasteiger partial charge in [0.15, 0.2) is 0 Å². The van der Waals surface area contributed by atoms with Crippen molar-refractivity contribution in [2.24, 2.45) is 5.92 Å². The summed E-state index contributed by atoms with van der Waals surface area (Å²) < 4.78 is 2.42. The Morgan fingerprint density at radius 3 is 2.93 bits per heavy atom. The molecule has 0 amide bonds. The first-order chi connectivity index (χ1) is 13.7. The molecule has 2 aromatic rings. The fourth-order valence-corrected chi connectivity index (χ4v) is 4.30. The Kier molecular flexibility index (Phi) is 8.04. The van der Waals surface area contributed by atoms with E-state index in [1.807, 2.05) is 6.20 Å². The molecule has 2 heterocycles. The second-order valence-electron chi connectivity index (χ2n) is 8.20. The highest BCUT2D eigenvalue weighted by Crippen LogP contribution is 2.37. The van der Waals surface area contributed by atoms with Gasteiger partial charge >= 0.3 is 0 Å². The van der Waals surface area contributed by atoms with Crippen LogP contribution in [0, 0.1) is 5.92 Å². The van der Waals surface area contributed by atoms with E-state index in [1.165, 1.54) is 42.2 Å². The van der Waals surface area contributed by atoms with Crippen molar-refractivity contribution >= 4 is 11.0 Å². The van der Waals surface area contributed by atoms with E-state index in [1.54, 1.807) is 6.33 Å². The molecule has 28 heavy (non-hydrogen) atoms. The van der Waals surface area contributed by atoms with Crippen LogP contribution in [0.25, 0.3) is 11.0 Å². The predicted octanol–water partition coefficient (Wildman–Crippen LogP) is 4.26. The summed E-state index contributed by atoms with van der Waals surface area (Å²) in [5.41, 5.74) is 3.95. The predicted molar refractivity (Wildman–Crippen MR) is 118 cm³/mol. The molecule has 1 aliphatic rings. The number of allylic oxidation sites excluding steroid dienone is 1. The monoisotopic (exact) mass is 383 g/mol. The van der Waals surface area contributed by atoms with Gasteiger partial charge in [0.25, 0.3) is 0 Å². The standard InChI is InChI=1S/C23H37N5/c1-4-18(3)9-12-24-10-6-11-25-14-19-7-8-21(13-19)28-16-20(5-2)22-15-26-17-27-23(22)28/h4,15-17,19,21,24-25H,5-14H2,1-3H3/b18-4+. The highest BCUT2D eigenvalue weighted by atomic mass is 15.1. The summed E-state index contributed by atoms with van der Waals surface area (Å²) in [5, 5.41) is 8.44. The van der Waals surface area contributed by atoms with Gasteiger partial charge in [0.2, 0.25) is 0 Å². The molecule has 0 aliphatic heterocycles. The highest BCUT2D eigenvalue weighted by molar-refractivity contribution is 5.79. The number of rotatable bonds is 11. The van der Waals surface area contributed by atoms with Crippen LogP contribution in [0.2, 0.25) is 0 Å². The molecular weight excluding hydrogens is 346 g/mol. The van der Waals surface area contributed by atoms with Crippen molar-refractivity contribution in [3.8, 4) is 0 Å². The molecule has 3 rings (SSSR count). The minimum Gasteiger partial charge on any atom is -0.329 e. The number of hydrogen-bond donors (Lipinski definition) is 2. The Bertz CT molecular complexity index is 763. The molecule has 1 fully saturated rings. The van der Waals surface area contributed by atoms with Crippen molar-refractivity contribution in [1.29, 1.82) is 0 Å². The zero-order chi connectivity index (χ0) is 19.8. The summed E-state index contributed by atoms with van der Waals surface area (Å²) in [6.07, 6.45) is 15.4. The van der Waals surface area contributed by atoms with Gasteiger partial charge in [-0.1, -0.05) is 18.6 Å². The van der Waals surface area contributed by atoms with Gasteiger partial charge in [-0.15, -0.1) is 0 Å². The molecule has 0 saturated heterocycles. The van der Waals surface area contributed by atoms with Gasteiger partial charge in [-0.2, -0.15) is 0 Å². The SMILES string of the molecule is C/C=C(\C)CCNCCCNCC1CCC(n2cc(CC)c3cncnc32)C1. The number of fused-ring (bicyclic) bond motifs is 1. The lowest BCUT2D eigenvalue weighted by molar-refractivity contribution is 0.451. The zero-order valence-electron chi connectivity index (χ0n) is 17.9. The summed E-state index contributed by atoms with van der Waals surface area (Å²) >= 11 is 0. The minimum absolute atomic E-state index is 0.584. The van der Waals surface area contributed by atoms with Gasteiger partial charge < -0.3 is 15.2 Å². The van der Waals surface area contributed by atoms with Gasteiger partial charge in [-0.05, 0) is 90.0 Å². The molecule has 0 radical (unpaired) electrons. The summed E-state index contributed by atoms with van der Waals surface area (Å²) in [6, 6.07) is 0.584. The lowest BCUT2D eigenvalue weighted by atomic mass is 10.1. The van der Waals surface area contributed by atoms with Gasteiger partial charge in [-0.25, -0.2) is 9.97 Å². The van der Waals surface area contributed by atoms with Gasteiger partial charge in [0.05, 0.1) is 0 Å². The van der Waals surface area contributed by atoms with E-state index in [0.717, 1.165) is 50.6 Å². The van der Waals surface area contributed by atoms with Crippen molar-refractivity contribution in [3.05, 3.63) is 35.9 Å². The van der Waals surface area contributed by atoms with E-state index >= 15 is 0 Å². The first-order valence-corrected chi connectivity index (χ1v) is 11.1. The number of hydrogen-bond acceptors (Lipinski definition) is 4. The lowest BCUT2D eigenvalue weighted by Gasteiger charge is -2.15. The first kappa shape index (κ1) is 21.0. The number of aromatic nitrogens is 3. The smallest absolute Gasteiger partial charge is 0.143 e. The van der Waals surface area contributed by atoms with Crippen LogP contribution in [0.4, 0.5) is 0 Å². The molecule has 1 saturated carbocycles. The second-order valence-corrected chi connectivity index (χ2v) is 8.20. The van der Waals surface area contributed by atoms with Crippen molar-refractivity contribution in [1.82, 2.24) is 25.2 Å².